The van der Waals surface area contributed by atoms with Crippen molar-refractivity contribution >= 4 is 33.7 Å². The quantitative estimate of drug-likeness (QED) is 0.722. The van der Waals surface area contributed by atoms with Crippen LogP contribution >= 0.6 is 22.9 Å². The van der Waals surface area contributed by atoms with Crippen molar-refractivity contribution in [1.82, 2.24) is 0 Å². The number of rotatable bonds is 2. The van der Waals surface area contributed by atoms with Crippen LogP contribution in [0, 0.1) is 0 Å². The van der Waals surface area contributed by atoms with E-state index in [1.165, 1.54) is 11.3 Å². The Balaban J connectivity index is 2.14. The number of aliphatic hydroxyl groups excluding tert-OH is 1. The van der Waals surface area contributed by atoms with E-state index in [2.05, 4.69) is 0 Å². The van der Waals surface area contributed by atoms with Crippen molar-refractivity contribution in [3.8, 4) is 0 Å². The summed E-state index contributed by atoms with van der Waals surface area (Å²) in [6.07, 6.45) is -0.617. The molecule has 0 saturated carbocycles. The Morgan fingerprint density at radius 3 is 2.50 bits per heavy atom. The van der Waals surface area contributed by atoms with Gasteiger partial charge in [0.2, 0.25) is 0 Å². The second kappa shape index (κ2) is 4.73. The monoisotopic (exact) mass is 274 g/mol. The molecule has 0 fully saturated rings. The van der Waals surface area contributed by atoms with E-state index in [0.717, 1.165) is 21.2 Å². The summed E-state index contributed by atoms with van der Waals surface area (Å²) in [5.74, 6) is 0. The lowest BCUT2D eigenvalue weighted by Gasteiger charge is -2.12. The van der Waals surface area contributed by atoms with Gasteiger partial charge in [-0.1, -0.05) is 54.1 Å². The van der Waals surface area contributed by atoms with Crippen LogP contribution in [-0.4, -0.2) is 5.11 Å². The Morgan fingerprint density at radius 1 is 0.944 bits per heavy atom. The lowest BCUT2D eigenvalue weighted by molar-refractivity contribution is 0.226. The highest BCUT2D eigenvalue weighted by Gasteiger charge is 2.15. The number of aliphatic hydroxyl groups is 1. The van der Waals surface area contributed by atoms with Crippen LogP contribution in [-0.2, 0) is 0 Å². The molecular weight excluding hydrogens is 264 g/mol. The van der Waals surface area contributed by atoms with Gasteiger partial charge in [-0.15, -0.1) is 11.3 Å². The number of fused-ring (bicyclic) bond motifs is 1. The molecule has 0 radical (unpaired) electrons. The zero-order valence-corrected chi connectivity index (χ0v) is 11.1. The molecule has 3 aromatic rings. The van der Waals surface area contributed by atoms with Gasteiger partial charge in [0.25, 0.3) is 0 Å². The maximum Gasteiger partial charge on any atom is 0.114 e. The summed E-state index contributed by atoms with van der Waals surface area (Å²) in [5, 5.41) is 12.7. The zero-order chi connectivity index (χ0) is 12.5. The van der Waals surface area contributed by atoms with Crippen LogP contribution in [0.1, 0.15) is 16.5 Å². The minimum absolute atomic E-state index is 0.617. The molecule has 90 valence electrons. The molecular formula is C15H11ClOS. The van der Waals surface area contributed by atoms with Gasteiger partial charge in [0, 0.05) is 4.88 Å². The molecule has 1 aromatic heterocycles. The van der Waals surface area contributed by atoms with Gasteiger partial charge < -0.3 is 5.11 Å². The molecule has 1 atom stereocenters. The molecule has 0 amide bonds. The van der Waals surface area contributed by atoms with Crippen LogP contribution in [0.2, 0.25) is 4.34 Å². The predicted octanol–water partition coefficient (Wildman–Crippen LogP) is 4.64. The number of benzene rings is 2. The zero-order valence-electron chi connectivity index (χ0n) is 9.51. The summed E-state index contributed by atoms with van der Waals surface area (Å²) in [6, 6.07) is 17.7. The van der Waals surface area contributed by atoms with Crippen molar-refractivity contribution in [3.05, 3.63) is 69.4 Å². The van der Waals surface area contributed by atoms with Gasteiger partial charge in [-0.05, 0) is 28.5 Å². The van der Waals surface area contributed by atoms with E-state index in [4.69, 9.17) is 11.6 Å². The molecule has 1 nitrogen and oxygen atoms in total. The summed E-state index contributed by atoms with van der Waals surface area (Å²) < 4.78 is 0.698. The molecule has 3 heteroatoms. The third kappa shape index (κ3) is 2.03. The smallest absolute Gasteiger partial charge is 0.114 e. The molecule has 0 bridgehead atoms. The molecule has 0 spiro atoms. The molecule has 2 aromatic carbocycles. The van der Waals surface area contributed by atoms with Gasteiger partial charge in [0.05, 0.1) is 4.34 Å². The van der Waals surface area contributed by atoms with Crippen molar-refractivity contribution in [2.24, 2.45) is 0 Å². The number of halogens is 1. The van der Waals surface area contributed by atoms with Gasteiger partial charge in [0.15, 0.2) is 0 Å². The maximum atomic E-state index is 10.5. The van der Waals surface area contributed by atoms with Gasteiger partial charge in [-0.2, -0.15) is 0 Å². The maximum absolute atomic E-state index is 10.5. The lowest BCUT2D eigenvalue weighted by Crippen LogP contribution is -1.97. The molecule has 0 aliphatic carbocycles. The Bertz CT molecular complexity index is 684. The summed E-state index contributed by atoms with van der Waals surface area (Å²) in [6.45, 7) is 0. The van der Waals surface area contributed by atoms with Crippen molar-refractivity contribution in [1.29, 1.82) is 0 Å². The fourth-order valence-corrected chi connectivity index (χ4v) is 3.18. The molecule has 1 heterocycles. The highest BCUT2D eigenvalue weighted by molar-refractivity contribution is 7.16. The topological polar surface area (TPSA) is 20.2 Å². The van der Waals surface area contributed by atoms with Crippen molar-refractivity contribution < 1.29 is 5.11 Å². The van der Waals surface area contributed by atoms with E-state index in [9.17, 15) is 5.11 Å². The Labute approximate surface area is 114 Å². The van der Waals surface area contributed by atoms with E-state index in [-0.39, 0.29) is 0 Å². The molecule has 1 unspecified atom stereocenters. The second-order valence-corrected chi connectivity index (χ2v) is 5.86. The molecule has 0 aliphatic heterocycles. The Morgan fingerprint density at radius 2 is 1.72 bits per heavy atom. The van der Waals surface area contributed by atoms with Crippen molar-refractivity contribution in [3.63, 3.8) is 0 Å². The first kappa shape index (κ1) is 11.7. The van der Waals surface area contributed by atoms with E-state index in [1.807, 2.05) is 54.6 Å². The van der Waals surface area contributed by atoms with Crippen LogP contribution in [0.25, 0.3) is 10.8 Å². The van der Waals surface area contributed by atoms with Crippen LogP contribution in [0.4, 0.5) is 0 Å². The first-order valence-electron chi connectivity index (χ1n) is 5.66. The Kier molecular flexibility index (Phi) is 3.08. The van der Waals surface area contributed by atoms with Crippen LogP contribution in [0.5, 0.6) is 0 Å². The van der Waals surface area contributed by atoms with Crippen molar-refractivity contribution in [2.45, 2.75) is 6.10 Å². The van der Waals surface area contributed by atoms with Crippen molar-refractivity contribution in [2.75, 3.05) is 0 Å². The predicted molar refractivity (Wildman–Crippen MR) is 77.3 cm³/mol. The minimum Gasteiger partial charge on any atom is -0.383 e. The standard InChI is InChI=1S/C15H11ClOS/c16-14-9-8-13(18-14)15(17)12-7-3-5-10-4-1-2-6-11(10)12/h1-9,15,17H. The van der Waals surface area contributed by atoms with E-state index in [0.29, 0.717) is 4.34 Å². The molecule has 18 heavy (non-hydrogen) atoms. The molecule has 0 saturated heterocycles. The average Bonchev–Trinajstić information content (AvgIpc) is 2.84. The van der Waals surface area contributed by atoms with Crippen LogP contribution in [0.15, 0.2) is 54.6 Å². The number of hydrogen-bond acceptors (Lipinski definition) is 2. The fraction of sp³-hybridized carbons (Fsp3) is 0.0667. The van der Waals surface area contributed by atoms with Gasteiger partial charge >= 0.3 is 0 Å². The van der Waals surface area contributed by atoms with E-state index >= 15 is 0 Å². The highest BCUT2D eigenvalue weighted by atomic mass is 35.5. The van der Waals surface area contributed by atoms with Crippen LogP contribution < -0.4 is 0 Å². The third-order valence-electron chi connectivity index (χ3n) is 2.98. The van der Waals surface area contributed by atoms with Gasteiger partial charge in [-0.3, -0.25) is 0 Å². The average molecular weight is 275 g/mol. The number of hydrogen-bond donors (Lipinski definition) is 1. The van der Waals surface area contributed by atoms with E-state index in [1.54, 1.807) is 0 Å². The third-order valence-corrected chi connectivity index (χ3v) is 4.27. The summed E-state index contributed by atoms with van der Waals surface area (Å²) in [4.78, 5) is 0.872. The highest BCUT2D eigenvalue weighted by Crippen LogP contribution is 2.33. The van der Waals surface area contributed by atoms with E-state index < -0.39 is 6.10 Å². The largest absolute Gasteiger partial charge is 0.383 e. The lowest BCUT2D eigenvalue weighted by atomic mass is 10.00. The molecule has 1 N–H and O–H groups in total. The number of thiophene rings is 1. The van der Waals surface area contributed by atoms with Gasteiger partial charge in [-0.25, -0.2) is 0 Å². The first-order valence-corrected chi connectivity index (χ1v) is 6.86. The molecule has 3 rings (SSSR count). The Hall–Kier alpha value is -1.35. The fourth-order valence-electron chi connectivity index (χ4n) is 2.12. The van der Waals surface area contributed by atoms with Crippen LogP contribution in [0.3, 0.4) is 0 Å². The first-order chi connectivity index (χ1) is 8.75. The summed E-state index contributed by atoms with van der Waals surface area (Å²) in [7, 11) is 0. The summed E-state index contributed by atoms with van der Waals surface area (Å²) in [5.41, 5.74) is 0.923. The second-order valence-electron chi connectivity index (χ2n) is 4.11. The molecule has 0 aliphatic rings. The minimum atomic E-state index is -0.617. The summed E-state index contributed by atoms with van der Waals surface area (Å²) >= 11 is 7.33. The SMILES string of the molecule is OC(c1ccc(Cl)s1)c1cccc2ccccc12. The normalized spacial score (nSPS) is 12.8. The van der Waals surface area contributed by atoms with Gasteiger partial charge in [0.1, 0.15) is 6.10 Å².